The van der Waals surface area contributed by atoms with Gasteiger partial charge in [0.2, 0.25) is 0 Å². The highest BCUT2D eigenvalue weighted by molar-refractivity contribution is 5.89. The molecule has 108 valence electrons. The molecule has 1 aromatic rings. The SMILES string of the molecule is CC(C)CC(C)(CN)NC(=O)Nc1ccc(C#N)cc1. The van der Waals surface area contributed by atoms with Gasteiger partial charge in [-0.1, -0.05) is 13.8 Å². The normalized spacial score (nSPS) is 13.4. The molecule has 0 aliphatic heterocycles. The molecule has 0 aliphatic rings. The molecule has 0 radical (unpaired) electrons. The minimum absolute atomic E-state index is 0.289. The summed E-state index contributed by atoms with van der Waals surface area (Å²) in [6.07, 6.45) is 0.810. The molecule has 1 rings (SSSR count). The molecule has 0 bridgehead atoms. The van der Waals surface area contributed by atoms with E-state index in [0.29, 0.717) is 23.7 Å². The van der Waals surface area contributed by atoms with Crippen LogP contribution in [0, 0.1) is 17.2 Å². The number of nitrogens with zero attached hydrogens (tertiary/aromatic N) is 1. The summed E-state index contributed by atoms with van der Waals surface area (Å²) in [7, 11) is 0. The lowest BCUT2D eigenvalue weighted by Crippen LogP contribution is -2.53. The van der Waals surface area contributed by atoms with Crippen LogP contribution in [0.5, 0.6) is 0 Å². The molecule has 2 amide bonds. The topological polar surface area (TPSA) is 90.9 Å². The number of amides is 2. The van der Waals surface area contributed by atoms with Crippen molar-refractivity contribution in [3.8, 4) is 6.07 Å². The molecule has 0 aromatic heterocycles. The van der Waals surface area contributed by atoms with Crippen molar-refractivity contribution in [2.24, 2.45) is 11.7 Å². The highest BCUT2D eigenvalue weighted by atomic mass is 16.2. The van der Waals surface area contributed by atoms with Crippen LogP contribution in [0.2, 0.25) is 0 Å². The third-order valence-corrected chi connectivity index (χ3v) is 3.00. The van der Waals surface area contributed by atoms with E-state index in [-0.39, 0.29) is 6.03 Å². The van der Waals surface area contributed by atoms with E-state index in [0.717, 1.165) is 6.42 Å². The first-order valence-corrected chi connectivity index (χ1v) is 6.68. The number of anilines is 1. The minimum atomic E-state index is -0.426. The number of hydrogen-bond acceptors (Lipinski definition) is 3. The Bertz CT molecular complexity index is 490. The predicted molar refractivity (Wildman–Crippen MR) is 80.2 cm³/mol. The Morgan fingerprint density at radius 3 is 2.45 bits per heavy atom. The summed E-state index contributed by atoms with van der Waals surface area (Å²) in [5, 5.41) is 14.4. The minimum Gasteiger partial charge on any atom is -0.331 e. The van der Waals surface area contributed by atoms with Crippen LogP contribution in [-0.2, 0) is 0 Å². The van der Waals surface area contributed by atoms with Gasteiger partial charge in [0, 0.05) is 12.2 Å². The van der Waals surface area contributed by atoms with Crippen molar-refractivity contribution >= 4 is 11.7 Å². The third kappa shape index (κ3) is 4.90. The van der Waals surface area contributed by atoms with Gasteiger partial charge in [0.25, 0.3) is 0 Å². The number of urea groups is 1. The molecule has 0 aliphatic carbocycles. The Balaban J connectivity index is 2.64. The highest BCUT2D eigenvalue weighted by Crippen LogP contribution is 2.16. The van der Waals surface area contributed by atoms with E-state index in [4.69, 9.17) is 11.0 Å². The fourth-order valence-corrected chi connectivity index (χ4v) is 2.15. The fourth-order valence-electron chi connectivity index (χ4n) is 2.15. The fraction of sp³-hybridized carbons (Fsp3) is 0.467. The number of rotatable bonds is 5. The second-order valence-electron chi connectivity index (χ2n) is 5.63. The summed E-state index contributed by atoms with van der Waals surface area (Å²) in [5.41, 5.74) is 6.53. The van der Waals surface area contributed by atoms with Crippen LogP contribution in [0.25, 0.3) is 0 Å². The molecule has 20 heavy (non-hydrogen) atoms. The molecule has 0 spiro atoms. The van der Waals surface area contributed by atoms with Gasteiger partial charge >= 0.3 is 6.03 Å². The van der Waals surface area contributed by atoms with Crippen LogP contribution < -0.4 is 16.4 Å². The van der Waals surface area contributed by atoms with Gasteiger partial charge in [-0.25, -0.2) is 4.79 Å². The maximum Gasteiger partial charge on any atom is 0.319 e. The zero-order valence-electron chi connectivity index (χ0n) is 12.2. The van der Waals surface area contributed by atoms with Crippen LogP contribution in [0.15, 0.2) is 24.3 Å². The molecule has 0 heterocycles. The van der Waals surface area contributed by atoms with Crippen molar-refractivity contribution < 1.29 is 4.79 Å². The summed E-state index contributed by atoms with van der Waals surface area (Å²) in [5.74, 6) is 0.443. The van der Waals surface area contributed by atoms with Gasteiger partial charge in [0.1, 0.15) is 0 Å². The van der Waals surface area contributed by atoms with Crippen molar-refractivity contribution in [1.29, 1.82) is 5.26 Å². The van der Waals surface area contributed by atoms with E-state index < -0.39 is 5.54 Å². The Labute approximate surface area is 120 Å². The Morgan fingerprint density at radius 2 is 2.00 bits per heavy atom. The second-order valence-corrected chi connectivity index (χ2v) is 5.63. The van der Waals surface area contributed by atoms with Gasteiger partial charge in [-0.15, -0.1) is 0 Å². The zero-order chi connectivity index (χ0) is 15.2. The average Bonchev–Trinajstić information content (AvgIpc) is 2.38. The van der Waals surface area contributed by atoms with Crippen LogP contribution in [0.4, 0.5) is 10.5 Å². The second kappa shape index (κ2) is 6.92. The van der Waals surface area contributed by atoms with Gasteiger partial charge in [-0.05, 0) is 43.5 Å². The van der Waals surface area contributed by atoms with Crippen molar-refractivity contribution in [1.82, 2.24) is 5.32 Å². The molecule has 0 fully saturated rings. The molecule has 1 unspecified atom stereocenters. The smallest absolute Gasteiger partial charge is 0.319 e. The quantitative estimate of drug-likeness (QED) is 0.770. The zero-order valence-corrected chi connectivity index (χ0v) is 12.2. The van der Waals surface area contributed by atoms with Crippen LogP contribution in [-0.4, -0.2) is 18.1 Å². The molecular formula is C15H22N4O. The molecule has 5 heteroatoms. The van der Waals surface area contributed by atoms with E-state index in [1.807, 2.05) is 13.0 Å². The number of hydrogen-bond donors (Lipinski definition) is 3. The average molecular weight is 274 g/mol. The number of carbonyl (C=O) groups is 1. The molecule has 1 atom stereocenters. The standard InChI is InChI=1S/C15H22N4O/c1-11(2)8-15(3,10-17)19-14(20)18-13-6-4-12(9-16)5-7-13/h4-7,11H,8,10,17H2,1-3H3,(H2,18,19,20). The van der Waals surface area contributed by atoms with Gasteiger partial charge < -0.3 is 16.4 Å². The lowest BCUT2D eigenvalue weighted by atomic mass is 9.91. The van der Waals surface area contributed by atoms with Crippen LogP contribution in [0.1, 0.15) is 32.8 Å². The Morgan fingerprint density at radius 1 is 1.40 bits per heavy atom. The summed E-state index contributed by atoms with van der Waals surface area (Å²) >= 11 is 0. The van der Waals surface area contributed by atoms with Crippen molar-refractivity contribution in [3.05, 3.63) is 29.8 Å². The number of benzene rings is 1. The van der Waals surface area contributed by atoms with E-state index in [2.05, 4.69) is 24.5 Å². The van der Waals surface area contributed by atoms with E-state index in [1.54, 1.807) is 24.3 Å². The first kappa shape index (κ1) is 16.0. The van der Waals surface area contributed by atoms with Gasteiger partial charge in [0.15, 0.2) is 0 Å². The Kier molecular flexibility index (Phi) is 5.53. The van der Waals surface area contributed by atoms with Crippen molar-refractivity contribution in [2.45, 2.75) is 32.7 Å². The molecule has 0 saturated carbocycles. The Hall–Kier alpha value is -2.06. The largest absolute Gasteiger partial charge is 0.331 e. The predicted octanol–water partition coefficient (Wildman–Crippen LogP) is 2.44. The number of carbonyl (C=O) groups excluding carboxylic acids is 1. The molecule has 1 aromatic carbocycles. The van der Waals surface area contributed by atoms with E-state index in [1.165, 1.54) is 0 Å². The molecule has 5 nitrogen and oxygen atoms in total. The van der Waals surface area contributed by atoms with Crippen LogP contribution >= 0.6 is 0 Å². The third-order valence-electron chi connectivity index (χ3n) is 3.00. The molecule has 0 saturated heterocycles. The molecule has 4 N–H and O–H groups in total. The monoisotopic (exact) mass is 274 g/mol. The van der Waals surface area contributed by atoms with E-state index in [9.17, 15) is 4.79 Å². The summed E-state index contributed by atoms with van der Waals surface area (Å²) in [6, 6.07) is 8.45. The van der Waals surface area contributed by atoms with Gasteiger partial charge in [0.05, 0.1) is 17.2 Å². The van der Waals surface area contributed by atoms with E-state index >= 15 is 0 Å². The molecular weight excluding hydrogens is 252 g/mol. The first-order valence-electron chi connectivity index (χ1n) is 6.68. The number of nitrogens with one attached hydrogen (secondary N) is 2. The maximum atomic E-state index is 12.0. The maximum absolute atomic E-state index is 12.0. The number of nitrogens with two attached hydrogens (primary N) is 1. The van der Waals surface area contributed by atoms with Crippen LogP contribution in [0.3, 0.4) is 0 Å². The first-order chi connectivity index (χ1) is 9.38. The summed E-state index contributed by atoms with van der Waals surface area (Å²) in [6.45, 7) is 6.50. The number of nitriles is 1. The van der Waals surface area contributed by atoms with Gasteiger partial charge in [-0.2, -0.15) is 5.26 Å². The lowest BCUT2D eigenvalue weighted by molar-refractivity contribution is 0.233. The summed E-state index contributed by atoms with van der Waals surface area (Å²) < 4.78 is 0. The van der Waals surface area contributed by atoms with Crippen molar-refractivity contribution in [3.63, 3.8) is 0 Å². The van der Waals surface area contributed by atoms with Gasteiger partial charge in [-0.3, -0.25) is 0 Å². The summed E-state index contributed by atoms with van der Waals surface area (Å²) in [4.78, 5) is 12.0. The van der Waals surface area contributed by atoms with Crippen molar-refractivity contribution in [2.75, 3.05) is 11.9 Å². The highest BCUT2D eigenvalue weighted by Gasteiger charge is 2.25. The lowest BCUT2D eigenvalue weighted by Gasteiger charge is -2.31.